The molecule has 43 heavy (non-hydrogen) atoms. The topological polar surface area (TPSA) is 243 Å². The fraction of sp³-hybridized carbons (Fsp3) is 0.682. The van der Waals surface area contributed by atoms with Crippen LogP contribution in [-0.4, -0.2) is 96.6 Å². The van der Waals surface area contributed by atoms with Gasteiger partial charge in [0.15, 0.2) is 12.0 Å². The summed E-state index contributed by atoms with van der Waals surface area (Å²) in [4.78, 5) is 48.0. The lowest BCUT2D eigenvalue weighted by molar-refractivity contribution is -0.152. The van der Waals surface area contributed by atoms with Crippen LogP contribution in [0.1, 0.15) is 25.7 Å². The smallest absolute Gasteiger partial charge is 0.387 e. The van der Waals surface area contributed by atoms with Gasteiger partial charge in [0.2, 0.25) is 11.8 Å². The van der Waals surface area contributed by atoms with E-state index in [2.05, 4.69) is 27.5 Å². The quantitative estimate of drug-likeness (QED) is 0.108. The molecule has 1 saturated heterocycles. The van der Waals surface area contributed by atoms with Crippen molar-refractivity contribution in [3.8, 4) is 0 Å². The van der Waals surface area contributed by atoms with E-state index in [1.165, 1.54) is 12.2 Å². The predicted molar refractivity (Wildman–Crippen MR) is 143 cm³/mol. The summed E-state index contributed by atoms with van der Waals surface area (Å²) in [5.74, 6) is -2.79. The van der Waals surface area contributed by atoms with Gasteiger partial charge >= 0.3 is 23.5 Å². The van der Waals surface area contributed by atoms with Gasteiger partial charge in [-0.1, -0.05) is 25.0 Å². The second kappa shape index (κ2) is 15.1. The number of hydrogen-bond donors (Lipinski definition) is 4. The Hall–Kier alpha value is -1.62. The van der Waals surface area contributed by atoms with Gasteiger partial charge in [0.1, 0.15) is 24.2 Å². The number of nitrogens with zero attached hydrogens (tertiary/aromatic N) is 1. The van der Waals surface area contributed by atoms with Crippen LogP contribution in [0.15, 0.2) is 24.4 Å². The van der Waals surface area contributed by atoms with Crippen LogP contribution in [0.2, 0.25) is 0 Å². The molecule has 1 saturated carbocycles. The molecule has 21 heteroatoms. The second-order valence-electron chi connectivity index (χ2n) is 9.51. The van der Waals surface area contributed by atoms with Gasteiger partial charge in [0.25, 0.3) is 0 Å². The van der Waals surface area contributed by atoms with Crippen LogP contribution in [-0.2, 0) is 59.5 Å². The minimum atomic E-state index is -5.07. The van der Waals surface area contributed by atoms with Gasteiger partial charge in [0.05, 0.1) is 6.61 Å². The zero-order chi connectivity index (χ0) is 32.0. The molecule has 2 fully saturated rings. The summed E-state index contributed by atoms with van der Waals surface area (Å²) >= 11 is 0. The Bertz CT molecular complexity index is 1240. The number of carbonyl (C=O) groups is 3. The van der Waals surface area contributed by atoms with E-state index < -0.39 is 72.2 Å². The summed E-state index contributed by atoms with van der Waals surface area (Å²) in [6.07, 6.45) is 2.08. The second-order valence-corrected chi connectivity index (χ2v) is 14.9. The number of allylic oxidation sites excluding steroid dienone is 1. The maximum atomic E-state index is 13.1. The van der Waals surface area contributed by atoms with Crippen molar-refractivity contribution in [2.24, 2.45) is 11.8 Å². The summed E-state index contributed by atoms with van der Waals surface area (Å²) in [7, 11) is -12.6. The molecule has 2 aliphatic heterocycles. The van der Waals surface area contributed by atoms with Crippen LogP contribution in [0.3, 0.4) is 0 Å². The summed E-state index contributed by atoms with van der Waals surface area (Å²) < 4.78 is 69.6. The van der Waals surface area contributed by atoms with Crippen LogP contribution in [0.25, 0.3) is 0 Å². The normalized spacial score (nSPS) is 30.8. The maximum Gasteiger partial charge on any atom is 0.492 e. The van der Waals surface area contributed by atoms with Crippen molar-refractivity contribution in [3.05, 3.63) is 24.4 Å². The standard InChI is InChI=1S/C22H35N2O16P3/c1-34-41(30,31)39-43(33,36-3)40-42(32,35-2)37-13-17-18(26)19(27)22(38-17)24-12-10-16(25)15(21(24)29)9-6-11-23-20(28)14-7-4-5-8-14/h6,9-10,12,14-15,17-19,22,26-27H,4-5,7-8,11,13H2,1-3H3,(H,23,28)(H,30,31)/t15?,17-,18+,19?,22-,42?,43?/m1/s1. The number of carbonyl (C=O) groups excluding carboxylic acids is 3. The first-order chi connectivity index (χ1) is 20.2. The highest BCUT2D eigenvalue weighted by atomic mass is 31.3. The number of amides is 2. The number of phosphoric acid groups is 3. The predicted octanol–water partition coefficient (Wildman–Crippen LogP) is 1.14. The van der Waals surface area contributed by atoms with Crippen molar-refractivity contribution >= 4 is 41.1 Å². The molecule has 0 aromatic carbocycles. The van der Waals surface area contributed by atoms with Crippen molar-refractivity contribution in [1.29, 1.82) is 0 Å². The molecule has 4 N–H and O–H groups in total. The van der Waals surface area contributed by atoms with Crippen LogP contribution < -0.4 is 5.32 Å². The maximum absolute atomic E-state index is 13.1. The summed E-state index contributed by atoms with van der Waals surface area (Å²) in [5, 5.41) is 23.8. The summed E-state index contributed by atoms with van der Waals surface area (Å²) in [5.41, 5.74) is 0. The Labute approximate surface area is 247 Å². The van der Waals surface area contributed by atoms with E-state index >= 15 is 0 Å². The SMILES string of the molecule is COP(=O)(O)OP(=O)(OC)OP(=O)(OC)OC[C@H]1O[C@@H](N2C=CC(=O)C(C=CCNC(=O)C3CCCC3)C2=O)C(O)[C@H]1O. The number of rotatable bonds is 15. The van der Waals surface area contributed by atoms with E-state index in [1.54, 1.807) is 0 Å². The van der Waals surface area contributed by atoms with Crippen LogP contribution in [0.4, 0.5) is 0 Å². The van der Waals surface area contributed by atoms with E-state index in [4.69, 9.17) is 9.26 Å². The molecule has 2 heterocycles. The number of phosphoric ester groups is 2. The Morgan fingerprint density at radius 1 is 1.05 bits per heavy atom. The minimum absolute atomic E-state index is 0.0499. The third kappa shape index (κ3) is 9.21. The number of ether oxygens (including phenoxy) is 1. The summed E-state index contributed by atoms with van der Waals surface area (Å²) in [6.45, 7) is -0.750. The number of ketones is 1. The highest BCUT2D eigenvalue weighted by Gasteiger charge is 2.50. The highest BCUT2D eigenvalue weighted by Crippen LogP contribution is 2.71. The fourth-order valence-electron chi connectivity index (χ4n) is 4.43. The highest BCUT2D eigenvalue weighted by molar-refractivity contribution is 7.67. The van der Waals surface area contributed by atoms with Gasteiger partial charge < -0.3 is 25.2 Å². The van der Waals surface area contributed by atoms with Gasteiger partial charge in [-0.3, -0.25) is 37.4 Å². The van der Waals surface area contributed by atoms with Crippen molar-refractivity contribution in [2.75, 3.05) is 34.5 Å². The summed E-state index contributed by atoms with van der Waals surface area (Å²) in [6, 6.07) is 0. The molecule has 0 radical (unpaired) electrons. The lowest BCUT2D eigenvalue weighted by atomic mass is 9.98. The molecule has 1 aliphatic carbocycles. The number of aliphatic hydroxyl groups excluding tert-OH is 2. The van der Waals surface area contributed by atoms with Crippen LogP contribution >= 0.6 is 23.5 Å². The van der Waals surface area contributed by atoms with E-state index in [1.807, 2.05) is 0 Å². The van der Waals surface area contributed by atoms with Gasteiger partial charge in [0, 0.05) is 40.0 Å². The van der Waals surface area contributed by atoms with Crippen LogP contribution in [0.5, 0.6) is 0 Å². The fourth-order valence-corrected chi connectivity index (χ4v) is 8.50. The van der Waals surface area contributed by atoms with Gasteiger partial charge in [-0.2, -0.15) is 8.62 Å². The molecule has 8 atom stereocenters. The lowest BCUT2D eigenvalue weighted by Crippen LogP contribution is -2.49. The molecule has 0 spiro atoms. The number of aliphatic hydroxyl groups is 2. The molecule has 3 rings (SSSR count). The van der Waals surface area contributed by atoms with Crippen LogP contribution in [0, 0.1) is 11.8 Å². The molecule has 0 aromatic rings. The Morgan fingerprint density at radius 2 is 1.70 bits per heavy atom. The molecule has 0 aromatic heterocycles. The first kappa shape index (κ1) is 35.9. The molecular weight excluding hydrogens is 641 g/mol. The third-order valence-corrected chi connectivity index (χ3v) is 11.8. The third-order valence-electron chi connectivity index (χ3n) is 6.76. The minimum Gasteiger partial charge on any atom is -0.387 e. The van der Waals surface area contributed by atoms with E-state index in [9.17, 15) is 43.2 Å². The molecule has 0 bridgehead atoms. The average Bonchev–Trinajstić information content (AvgIpc) is 3.60. The molecular formula is C22H35N2O16P3. The lowest BCUT2D eigenvalue weighted by Gasteiger charge is -2.31. The molecule has 18 nitrogen and oxygen atoms in total. The molecule has 5 unspecified atom stereocenters. The monoisotopic (exact) mass is 676 g/mol. The Balaban J connectivity index is 1.62. The van der Waals surface area contributed by atoms with Gasteiger partial charge in [-0.15, -0.1) is 0 Å². The molecule has 3 aliphatic rings. The average molecular weight is 676 g/mol. The van der Waals surface area contributed by atoms with Gasteiger partial charge in [-0.25, -0.2) is 13.7 Å². The number of nitrogens with one attached hydrogen (secondary N) is 1. The number of hydrogen-bond acceptors (Lipinski definition) is 15. The van der Waals surface area contributed by atoms with E-state index in [0.29, 0.717) is 0 Å². The largest absolute Gasteiger partial charge is 0.492 e. The van der Waals surface area contributed by atoms with E-state index in [-0.39, 0.29) is 18.4 Å². The first-order valence-electron chi connectivity index (χ1n) is 13.0. The van der Waals surface area contributed by atoms with Crippen molar-refractivity contribution in [3.63, 3.8) is 0 Å². The molecule has 244 valence electrons. The van der Waals surface area contributed by atoms with Crippen molar-refractivity contribution in [2.45, 2.75) is 50.2 Å². The molecule has 2 amide bonds. The Kier molecular flexibility index (Phi) is 12.6. The van der Waals surface area contributed by atoms with Crippen molar-refractivity contribution < 1.29 is 74.6 Å². The Morgan fingerprint density at radius 3 is 2.30 bits per heavy atom. The van der Waals surface area contributed by atoms with Crippen molar-refractivity contribution in [1.82, 2.24) is 10.2 Å². The van der Waals surface area contributed by atoms with E-state index in [0.717, 1.165) is 64.2 Å². The first-order valence-corrected chi connectivity index (χ1v) is 17.4. The zero-order valence-corrected chi connectivity index (χ0v) is 26.1. The van der Waals surface area contributed by atoms with Gasteiger partial charge in [-0.05, 0) is 18.9 Å². The zero-order valence-electron chi connectivity index (χ0n) is 23.5.